The lowest BCUT2D eigenvalue weighted by atomic mass is 10.1. The van der Waals surface area contributed by atoms with Crippen LogP contribution in [0.2, 0.25) is 0 Å². The van der Waals surface area contributed by atoms with Gasteiger partial charge >= 0.3 is 5.97 Å². The quantitative estimate of drug-likeness (QED) is 0.795. The zero-order valence-corrected chi connectivity index (χ0v) is 13.2. The predicted molar refractivity (Wildman–Crippen MR) is 79.6 cm³/mol. The molecule has 2 rings (SSSR count). The molecule has 2 unspecified atom stereocenters. The Labute approximate surface area is 128 Å². The number of hydroxylamine groups is 2. The molecule has 120 valence electrons. The molecule has 0 radical (unpaired) electrons. The second kappa shape index (κ2) is 7.05. The van der Waals surface area contributed by atoms with Crippen LogP contribution in [0, 0.1) is 0 Å². The maximum absolute atomic E-state index is 12.4. The fourth-order valence-electron chi connectivity index (χ4n) is 2.31. The second-order valence-corrected chi connectivity index (χ2v) is 7.31. The molecule has 1 saturated heterocycles. The molecule has 8 heteroatoms. The molecule has 1 aromatic carbocycles. The van der Waals surface area contributed by atoms with Crippen LogP contribution >= 0.6 is 7.52 Å². The van der Waals surface area contributed by atoms with Gasteiger partial charge in [0.05, 0.1) is 6.54 Å². The number of carbonyl (C=O) groups is 2. The van der Waals surface area contributed by atoms with E-state index in [9.17, 15) is 19.0 Å². The van der Waals surface area contributed by atoms with Gasteiger partial charge in [0.25, 0.3) is 13.4 Å². The van der Waals surface area contributed by atoms with Gasteiger partial charge in [-0.1, -0.05) is 30.3 Å². The van der Waals surface area contributed by atoms with Crippen LogP contribution in [-0.4, -0.2) is 34.0 Å². The van der Waals surface area contributed by atoms with Gasteiger partial charge in [-0.05, 0) is 18.4 Å². The molecule has 0 aliphatic carbocycles. The van der Waals surface area contributed by atoms with Crippen molar-refractivity contribution in [2.75, 3.05) is 6.54 Å². The Morgan fingerprint density at radius 1 is 1.45 bits per heavy atom. The maximum atomic E-state index is 12.4. The van der Waals surface area contributed by atoms with Crippen LogP contribution in [0.5, 0.6) is 0 Å². The molecule has 7 nitrogen and oxygen atoms in total. The zero-order valence-electron chi connectivity index (χ0n) is 12.3. The van der Waals surface area contributed by atoms with Crippen LogP contribution in [0.15, 0.2) is 30.3 Å². The topological polar surface area (TPSA) is 95.9 Å². The minimum absolute atomic E-state index is 0.186. The fraction of sp³-hybridized carbons (Fsp3) is 0.429. The van der Waals surface area contributed by atoms with Crippen LogP contribution in [0.3, 0.4) is 0 Å². The van der Waals surface area contributed by atoms with Crippen molar-refractivity contribution in [2.45, 2.75) is 32.0 Å². The molecule has 1 aromatic rings. The highest BCUT2D eigenvalue weighted by molar-refractivity contribution is 7.57. The average molecular weight is 326 g/mol. The molecular weight excluding hydrogens is 307 g/mol. The number of piperidine rings is 1. The number of rotatable bonds is 5. The van der Waals surface area contributed by atoms with Gasteiger partial charge in [-0.25, -0.2) is 5.09 Å². The first kappa shape index (κ1) is 16.7. The summed E-state index contributed by atoms with van der Waals surface area (Å²) in [6.45, 7) is 1.61. The number of benzene rings is 1. The van der Waals surface area contributed by atoms with Gasteiger partial charge in [-0.2, -0.15) is 5.06 Å². The molecule has 0 saturated carbocycles. The third-order valence-electron chi connectivity index (χ3n) is 3.38. The molecule has 0 bridgehead atoms. The summed E-state index contributed by atoms with van der Waals surface area (Å²) in [4.78, 5) is 38.1. The fourth-order valence-corrected chi connectivity index (χ4v) is 3.90. The number of hydrogen-bond acceptors (Lipinski definition) is 4. The lowest BCUT2D eigenvalue weighted by Crippen LogP contribution is -2.46. The van der Waals surface area contributed by atoms with E-state index in [2.05, 4.69) is 5.09 Å². The summed E-state index contributed by atoms with van der Waals surface area (Å²) in [6.07, 6.45) is 0.785. The van der Waals surface area contributed by atoms with Crippen LogP contribution in [0.25, 0.3) is 0 Å². The van der Waals surface area contributed by atoms with E-state index < -0.39 is 25.1 Å². The Morgan fingerprint density at radius 3 is 2.77 bits per heavy atom. The molecular formula is C14H19N2O5P. The predicted octanol–water partition coefficient (Wildman–Crippen LogP) is 1.43. The van der Waals surface area contributed by atoms with E-state index in [1.165, 1.54) is 6.92 Å². The molecule has 1 heterocycles. The van der Waals surface area contributed by atoms with Crippen molar-refractivity contribution >= 4 is 19.4 Å². The lowest BCUT2D eigenvalue weighted by molar-refractivity contribution is -0.199. The highest BCUT2D eigenvalue weighted by atomic mass is 31.2. The van der Waals surface area contributed by atoms with E-state index in [-0.39, 0.29) is 19.5 Å². The minimum Gasteiger partial charge on any atom is -0.338 e. The van der Waals surface area contributed by atoms with Gasteiger partial charge in [-0.3, -0.25) is 14.2 Å². The van der Waals surface area contributed by atoms with Crippen LogP contribution < -0.4 is 5.09 Å². The highest BCUT2D eigenvalue weighted by Gasteiger charge is 2.42. The first-order valence-corrected chi connectivity index (χ1v) is 8.74. The van der Waals surface area contributed by atoms with Crippen molar-refractivity contribution in [3.63, 3.8) is 0 Å². The van der Waals surface area contributed by atoms with Crippen molar-refractivity contribution in [2.24, 2.45) is 0 Å². The van der Waals surface area contributed by atoms with Crippen molar-refractivity contribution < 1.29 is 23.9 Å². The van der Waals surface area contributed by atoms with E-state index in [1.807, 2.05) is 30.3 Å². The van der Waals surface area contributed by atoms with Crippen molar-refractivity contribution in [1.82, 2.24) is 10.2 Å². The first-order chi connectivity index (χ1) is 10.4. The number of hydrogen-bond donors (Lipinski definition) is 2. The third kappa shape index (κ3) is 4.16. The molecule has 2 atom stereocenters. The summed E-state index contributed by atoms with van der Waals surface area (Å²) in [7, 11) is -3.90. The Kier molecular flexibility index (Phi) is 5.34. The van der Waals surface area contributed by atoms with Crippen LogP contribution in [0.4, 0.5) is 0 Å². The molecule has 2 N–H and O–H groups in total. The Balaban J connectivity index is 2.02. The maximum Gasteiger partial charge on any atom is 0.329 e. The number of nitrogens with zero attached hydrogens (tertiary/aromatic N) is 1. The third-order valence-corrected chi connectivity index (χ3v) is 5.32. The molecule has 1 fully saturated rings. The summed E-state index contributed by atoms with van der Waals surface area (Å²) in [5, 5.41) is 3.45. The summed E-state index contributed by atoms with van der Waals surface area (Å²) in [6, 6.07) is 9.15. The number of carbonyl (C=O) groups excluding carboxylic acids is 2. The standard InChI is InChI=1S/C14H19N2O5P/c1-11(17)21-16-9-5-8-13(14(16)18)22(19,20)15-10-12-6-3-2-4-7-12/h2-4,6-7,13H,5,8-10H2,1H3,(H2,15,19,20). The molecule has 0 spiro atoms. The summed E-state index contributed by atoms with van der Waals surface area (Å²) >= 11 is 0. The zero-order chi connectivity index (χ0) is 16.2. The van der Waals surface area contributed by atoms with Crippen LogP contribution in [0.1, 0.15) is 25.3 Å². The largest absolute Gasteiger partial charge is 0.338 e. The van der Waals surface area contributed by atoms with E-state index in [0.29, 0.717) is 6.42 Å². The Morgan fingerprint density at radius 2 is 2.14 bits per heavy atom. The number of amides is 1. The van der Waals surface area contributed by atoms with Gasteiger partial charge in [0.15, 0.2) is 0 Å². The molecule has 1 aliphatic heterocycles. The van der Waals surface area contributed by atoms with Gasteiger partial charge in [0, 0.05) is 13.5 Å². The van der Waals surface area contributed by atoms with E-state index in [1.54, 1.807) is 0 Å². The van der Waals surface area contributed by atoms with Crippen molar-refractivity contribution in [3.05, 3.63) is 35.9 Å². The molecule has 1 amide bonds. The average Bonchev–Trinajstić information content (AvgIpc) is 2.48. The second-order valence-electron chi connectivity index (χ2n) is 5.12. The number of nitrogens with one attached hydrogen (secondary N) is 1. The van der Waals surface area contributed by atoms with E-state index in [0.717, 1.165) is 10.6 Å². The van der Waals surface area contributed by atoms with Crippen LogP contribution in [-0.2, 0) is 25.5 Å². The lowest BCUT2D eigenvalue weighted by Gasteiger charge is -2.32. The van der Waals surface area contributed by atoms with E-state index >= 15 is 0 Å². The monoisotopic (exact) mass is 326 g/mol. The summed E-state index contributed by atoms with van der Waals surface area (Å²) < 4.78 is 12.4. The van der Waals surface area contributed by atoms with E-state index in [4.69, 9.17) is 4.84 Å². The van der Waals surface area contributed by atoms with Gasteiger partial charge in [-0.15, -0.1) is 0 Å². The highest BCUT2D eigenvalue weighted by Crippen LogP contribution is 2.46. The Hall–Kier alpha value is -1.69. The smallest absolute Gasteiger partial charge is 0.329 e. The van der Waals surface area contributed by atoms with Crippen molar-refractivity contribution in [1.29, 1.82) is 0 Å². The molecule has 0 aromatic heterocycles. The Bertz CT molecular complexity index is 592. The van der Waals surface area contributed by atoms with Gasteiger partial charge < -0.3 is 9.73 Å². The van der Waals surface area contributed by atoms with Gasteiger partial charge in [0.1, 0.15) is 5.66 Å². The normalized spacial score (nSPS) is 21.3. The summed E-state index contributed by atoms with van der Waals surface area (Å²) in [5.74, 6) is -1.26. The molecule has 1 aliphatic rings. The minimum atomic E-state index is -3.90. The van der Waals surface area contributed by atoms with Gasteiger partial charge in [0.2, 0.25) is 0 Å². The molecule has 22 heavy (non-hydrogen) atoms. The first-order valence-electron chi connectivity index (χ1n) is 7.01. The summed E-state index contributed by atoms with van der Waals surface area (Å²) in [5.41, 5.74) is -0.249. The SMILES string of the molecule is CC(=O)ON1CCCC(P(=O)(O)NCc2ccccc2)C1=O. The van der Waals surface area contributed by atoms with Crippen molar-refractivity contribution in [3.8, 4) is 0 Å².